The largest absolute Gasteiger partial charge is 0.480 e. The first-order valence-corrected chi connectivity index (χ1v) is 6.40. The number of carboxylic acids is 1. The molecule has 0 aliphatic carbocycles. The van der Waals surface area contributed by atoms with Crippen LogP contribution < -0.4 is 0 Å². The molecule has 2 amide bonds. The fourth-order valence-electron chi connectivity index (χ4n) is 1.69. The number of aliphatic carboxylic acids is 1. The molecule has 122 valence electrons. The van der Waals surface area contributed by atoms with Gasteiger partial charge in [-0.25, -0.2) is 4.79 Å². The Morgan fingerprint density at radius 2 is 1.38 bits per heavy atom. The first kappa shape index (κ1) is 19.4. The van der Waals surface area contributed by atoms with Crippen LogP contribution in [0.4, 0.5) is 0 Å². The third-order valence-electron chi connectivity index (χ3n) is 3.10. The molecule has 21 heavy (non-hydrogen) atoms. The van der Waals surface area contributed by atoms with E-state index in [-0.39, 0.29) is 4.90 Å². The molecule has 5 N–H and O–H groups in total. The van der Waals surface area contributed by atoms with Crippen LogP contribution in [0.5, 0.6) is 0 Å². The van der Waals surface area contributed by atoms with E-state index in [1.54, 1.807) is 6.92 Å². The van der Waals surface area contributed by atoms with Gasteiger partial charge in [-0.05, 0) is 5.92 Å². The predicted octanol–water partition coefficient (Wildman–Crippen LogP) is -2.45. The molecule has 0 aliphatic heterocycles. The second-order valence-electron chi connectivity index (χ2n) is 4.61. The van der Waals surface area contributed by atoms with Crippen molar-refractivity contribution in [2.75, 3.05) is 13.2 Å². The lowest BCUT2D eigenvalue weighted by Gasteiger charge is -2.32. The molecule has 0 aromatic rings. The van der Waals surface area contributed by atoms with E-state index < -0.39 is 55.2 Å². The Bertz CT molecular complexity index is 363. The maximum absolute atomic E-state index is 11.9. The van der Waals surface area contributed by atoms with Crippen LogP contribution in [0.3, 0.4) is 0 Å². The number of hydrogen-bond acceptors (Lipinski definition) is 7. The van der Waals surface area contributed by atoms with E-state index in [0.29, 0.717) is 6.42 Å². The molecular formula is C12H21NO8. The van der Waals surface area contributed by atoms with Gasteiger partial charge >= 0.3 is 5.97 Å². The summed E-state index contributed by atoms with van der Waals surface area (Å²) in [5, 5.41) is 45.5. The monoisotopic (exact) mass is 307 g/mol. The molecular weight excluding hydrogens is 286 g/mol. The van der Waals surface area contributed by atoms with Crippen LogP contribution in [0.15, 0.2) is 0 Å². The number of rotatable bonds is 8. The molecule has 0 rings (SSSR count). The smallest absolute Gasteiger partial charge is 0.327 e. The zero-order valence-corrected chi connectivity index (χ0v) is 11.8. The lowest BCUT2D eigenvalue weighted by Crippen LogP contribution is -2.58. The van der Waals surface area contributed by atoms with Crippen LogP contribution in [-0.4, -0.2) is 79.7 Å². The molecule has 4 unspecified atom stereocenters. The van der Waals surface area contributed by atoms with Crippen molar-refractivity contribution in [2.45, 2.75) is 38.5 Å². The highest BCUT2D eigenvalue weighted by molar-refractivity contribution is 6.02. The van der Waals surface area contributed by atoms with Gasteiger partial charge in [0.05, 0.1) is 13.2 Å². The van der Waals surface area contributed by atoms with Gasteiger partial charge in [0.25, 0.3) is 11.8 Å². The average molecular weight is 307 g/mol. The maximum atomic E-state index is 11.9. The molecule has 0 heterocycles. The number of aliphatic hydroxyl groups excluding tert-OH is 4. The second kappa shape index (κ2) is 8.67. The Morgan fingerprint density at radius 1 is 1.00 bits per heavy atom. The summed E-state index contributed by atoms with van der Waals surface area (Å²) in [5.74, 6) is -4.85. The summed E-state index contributed by atoms with van der Waals surface area (Å²) in [7, 11) is 0. The normalized spacial score (nSPS) is 16.7. The zero-order chi connectivity index (χ0) is 16.7. The molecule has 0 saturated heterocycles. The van der Waals surface area contributed by atoms with Gasteiger partial charge in [0.2, 0.25) is 0 Å². The first-order chi connectivity index (χ1) is 9.72. The molecule has 0 aromatic heterocycles. The van der Waals surface area contributed by atoms with Crippen molar-refractivity contribution in [3.05, 3.63) is 0 Å². The molecule has 0 saturated carbocycles. The van der Waals surface area contributed by atoms with Crippen LogP contribution in [0.25, 0.3) is 0 Å². The Hall–Kier alpha value is -1.55. The zero-order valence-electron chi connectivity index (χ0n) is 11.8. The van der Waals surface area contributed by atoms with Crippen LogP contribution in [-0.2, 0) is 14.4 Å². The molecule has 0 spiro atoms. The molecule has 0 aromatic carbocycles. The quantitative estimate of drug-likeness (QED) is 0.331. The number of aliphatic hydroxyl groups is 4. The van der Waals surface area contributed by atoms with Crippen molar-refractivity contribution in [3.63, 3.8) is 0 Å². The highest BCUT2D eigenvalue weighted by Crippen LogP contribution is 2.18. The van der Waals surface area contributed by atoms with Gasteiger partial charge in [0, 0.05) is 0 Å². The van der Waals surface area contributed by atoms with Crippen molar-refractivity contribution in [1.82, 2.24) is 4.90 Å². The number of hydrogen-bond donors (Lipinski definition) is 5. The molecule has 0 radical (unpaired) electrons. The highest BCUT2D eigenvalue weighted by atomic mass is 16.4. The highest BCUT2D eigenvalue weighted by Gasteiger charge is 2.41. The lowest BCUT2D eigenvalue weighted by atomic mass is 9.96. The third kappa shape index (κ3) is 4.74. The van der Waals surface area contributed by atoms with Crippen LogP contribution >= 0.6 is 0 Å². The topological polar surface area (TPSA) is 156 Å². The Balaban J connectivity index is 5.71. The molecule has 0 bridgehead atoms. The van der Waals surface area contributed by atoms with Crippen molar-refractivity contribution < 1.29 is 39.9 Å². The van der Waals surface area contributed by atoms with Crippen molar-refractivity contribution in [2.24, 2.45) is 5.92 Å². The van der Waals surface area contributed by atoms with Gasteiger partial charge in [0.1, 0.15) is 6.04 Å². The van der Waals surface area contributed by atoms with E-state index in [1.165, 1.54) is 6.92 Å². The maximum Gasteiger partial charge on any atom is 0.327 e. The standard InChI is InChI=1S/C12H21NO8/c1-3-6(2)9(12(20)21)13(10(18)7(16)4-14)11(19)8(17)5-15/h6-9,14-17H,3-5H2,1-2H3,(H,20,21). The Labute approximate surface area is 121 Å². The van der Waals surface area contributed by atoms with E-state index in [0.717, 1.165) is 0 Å². The number of imide groups is 1. The van der Waals surface area contributed by atoms with Crippen LogP contribution in [0.2, 0.25) is 0 Å². The van der Waals surface area contributed by atoms with Gasteiger partial charge in [-0.2, -0.15) is 0 Å². The van der Waals surface area contributed by atoms with E-state index >= 15 is 0 Å². The second-order valence-corrected chi connectivity index (χ2v) is 4.61. The minimum atomic E-state index is -1.99. The van der Waals surface area contributed by atoms with Crippen molar-refractivity contribution in [3.8, 4) is 0 Å². The van der Waals surface area contributed by atoms with E-state index in [4.69, 9.17) is 10.2 Å². The number of carbonyl (C=O) groups excluding carboxylic acids is 2. The fraction of sp³-hybridized carbons (Fsp3) is 0.750. The summed E-state index contributed by atoms with van der Waals surface area (Å²) in [6.07, 6.45) is -3.69. The third-order valence-corrected chi connectivity index (χ3v) is 3.10. The van der Waals surface area contributed by atoms with Crippen molar-refractivity contribution >= 4 is 17.8 Å². The summed E-state index contributed by atoms with van der Waals surface area (Å²) in [4.78, 5) is 35.4. The Kier molecular flexibility index (Phi) is 8.03. The molecule has 4 atom stereocenters. The first-order valence-electron chi connectivity index (χ1n) is 6.40. The van der Waals surface area contributed by atoms with Gasteiger partial charge < -0.3 is 25.5 Å². The lowest BCUT2D eigenvalue weighted by molar-refractivity contribution is -0.169. The number of carboxylic acid groups (broad SMARTS) is 1. The fourth-order valence-corrected chi connectivity index (χ4v) is 1.69. The average Bonchev–Trinajstić information content (AvgIpc) is 2.48. The summed E-state index contributed by atoms with van der Waals surface area (Å²) in [6, 6.07) is -1.63. The summed E-state index contributed by atoms with van der Waals surface area (Å²) < 4.78 is 0. The number of carbonyl (C=O) groups is 3. The van der Waals surface area contributed by atoms with Crippen molar-refractivity contribution in [1.29, 1.82) is 0 Å². The summed E-state index contributed by atoms with van der Waals surface area (Å²) in [5.41, 5.74) is 0. The molecule has 0 fully saturated rings. The van der Waals surface area contributed by atoms with E-state index in [1.807, 2.05) is 0 Å². The number of amides is 2. The minimum Gasteiger partial charge on any atom is -0.480 e. The van der Waals surface area contributed by atoms with Gasteiger partial charge in [-0.3, -0.25) is 14.5 Å². The molecule has 9 heteroatoms. The van der Waals surface area contributed by atoms with Crippen LogP contribution in [0, 0.1) is 5.92 Å². The minimum absolute atomic E-state index is 0.193. The molecule has 0 aliphatic rings. The predicted molar refractivity (Wildman–Crippen MR) is 68.9 cm³/mol. The van der Waals surface area contributed by atoms with E-state index in [9.17, 15) is 29.7 Å². The van der Waals surface area contributed by atoms with Gasteiger partial charge in [-0.1, -0.05) is 20.3 Å². The summed E-state index contributed by atoms with van der Waals surface area (Å²) >= 11 is 0. The summed E-state index contributed by atoms with van der Waals surface area (Å²) in [6.45, 7) is 1.09. The van der Waals surface area contributed by atoms with Crippen LogP contribution in [0.1, 0.15) is 20.3 Å². The van der Waals surface area contributed by atoms with E-state index in [2.05, 4.69) is 0 Å². The SMILES string of the molecule is CCC(C)C(C(=O)O)N(C(=O)C(O)CO)C(=O)C(O)CO. The molecule has 9 nitrogen and oxygen atoms in total. The van der Waals surface area contributed by atoms with Gasteiger partial charge in [0.15, 0.2) is 12.2 Å². The Morgan fingerprint density at radius 3 is 1.62 bits per heavy atom. The number of nitrogens with zero attached hydrogens (tertiary/aromatic N) is 1. The van der Waals surface area contributed by atoms with Gasteiger partial charge in [-0.15, -0.1) is 0 Å².